The normalized spacial score (nSPS) is 11.4. The lowest BCUT2D eigenvalue weighted by atomic mass is 10.1. The Labute approximate surface area is 167 Å². The minimum absolute atomic E-state index is 0.286. The number of halogens is 1. The van der Waals surface area contributed by atoms with Gasteiger partial charge < -0.3 is 0 Å². The maximum atomic E-state index is 13.1. The Balaban J connectivity index is 1.94. The predicted molar refractivity (Wildman–Crippen MR) is 113 cm³/mol. The molecule has 2 aromatic carbocycles. The number of rotatable bonds is 3. The molecule has 0 unspecified atom stereocenters. The molecule has 138 valence electrons. The Morgan fingerprint density at radius 1 is 1.07 bits per heavy atom. The minimum Gasteiger partial charge on any atom is -0.267 e. The molecule has 4 aromatic rings. The van der Waals surface area contributed by atoms with Gasteiger partial charge in [-0.3, -0.25) is 9.78 Å². The highest BCUT2D eigenvalue weighted by Gasteiger charge is 2.13. The maximum absolute atomic E-state index is 13.1. The molecule has 0 N–H and O–H groups in total. The molecule has 0 aliphatic carbocycles. The summed E-state index contributed by atoms with van der Waals surface area (Å²) in [6, 6.07) is 14.7. The lowest BCUT2D eigenvalue weighted by molar-refractivity contribution is 0.829. The summed E-state index contributed by atoms with van der Waals surface area (Å²) in [6.45, 7) is 4.09. The van der Waals surface area contributed by atoms with E-state index in [1.54, 1.807) is 42.9 Å². The molecule has 0 fully saturated rings. The van der Waals surface area contributed by atoms with Crippen molar-refractivity contribution in [1.29, 1.82) is 0 Å². The summed E-state index contributed by atoms with van der Waals surface area (Å²) in [7, 11) is 0. The fourth-order valence-corrected chi connectivity index (χ4v) is 3.08. The quantitative estimate of drug-likeness (QED) is 0.481. The van der Waals surface area contributed by atoms with Crippen LogP contribution in [0, 0.1) is 13.8 Å². The van der Waals surface area contributed by atoms with Crippen LogP contribution >= 0.6 is 11.6 Å². The molecule has 0 aliphatic rings. The summed E-state index contributed by atoms with van der Waals surface area (Å²) in [6.07, 6.45) is 4.99. The molecular formula is C22H17ClN4O. The third-order valence-corrected chi connectivity index (χ3v) is 4.82. The molecular weight excluding hydrogens is 372 g/mol. The Morgan fingerprint density at radius 3 is 2.68 bits per heavy atom. The lowest BCUT2D eigenvalue weighted by Crippen LogP contribution is -2.20. The highest BCUT2D eigenvalue weighted by molar-refractivity contribution is 6.31. The first-order valence-electron chi connectivity index (χ1n) is 8.77. The van der Waals surface area contributed by atoms with Crippen molar-refractivity contribution in [3.63, 3.8) is 0 Å². The van der Waals surface area contributed by atoms with Gasteiger partial charge in [-0.15, -0.1) is 0 Å². The third kappa shape index (κ3) is 3.44. The largest absolute Gasteiger partial charge is 0.282 e. The van der Waals surface area contributed by atoms with Gasteiger partial charge in [0.15, 0.2) is 5.82 Å². The summed E-state index contributed by atoms with van der Waals surface area (Å²) in [5.74, 6) is 0.424. The van der Waals surface area contributed by atoms with E-state index in [2.05, 4.69) is 22.0 Å². The van der Waals surface area contributed by atoms with Gasteiger partial charge in [0.05, 0.1) is 17.1 Å². The zero-order chi connectivity index (χ0) is 19.7. The SMILES string of the molecule is Cc1ccc(C=Nn2c(-c3cccnc3)nc3ccc(Cl)cc3c2=O)cc1C. The number of hydrogen-bond acceptors (Lipinski definition) is 4. The number of aryl methyl sites for hydroxylation is 2. The van der Waals surface area contributed by atoms with Crippen LogP contribution in [0.5, 0.6) is 0 Å². The molecule has 4 rings (SSSR count). The summed E-state index contributed by atoms with van der Waals surface area (Å²) >= 11 is 6.08. The van der Waals surface area contributed by atoms with Crippen LogP contribution in [0.4, 0.5) is 0 Å². The molecule has 0 amide bonds. The number of nitrogens with zero attached hydrogens (tertiary/aromatic N) is 4. The summed E-state index contributed by atoms with van der Waals surface area (Å²) in [4.78, 5) is 21.9. The van der Waals surface area contributed by atoms with Crippen LogP contribution < -0.4 is 5.56 Å². The van der Waals surface area contributed by atoms with Crippen LogP contribution in [-0.2, 0) is 0 Å². The summed E-state index contributed by atoms with van der Waals surface area (Å²) < 4.78 is 1.30. The fraction of sp³-hybridized carbons (Fsp3) is 0.0909. The average Bonchev–Trinajstić information content (AvgIpc) is 2.71. The predicted octanol–water partition coefficient (Wildman–Crippen LogP) is 4.61. The smallest absolute Gasteiger partial charge is 0.267 e. The summed E-state index contributed by atoms with van der Waals surface area (Å²) in [5, 5.41) is 5.34. The Bertz CT molecular complexity index is 1260. The van der Waals surface area contributed by atoms with Gasteiger partial charge in [0.25, 0.3) is 5.56 Å². The number of fused-ring (bicyclic) bond motifs is 1. The standard InChI is InChI=1S/C22H17ClN4O/c1-14-5-6-16(10-15(14)2)12-25-27-21(17-4-3-9-24-13-17)26-20-8-7-18(23)11-19(20)22(27)28/h3-13H,1-2H3. The second kappa shape index (κ2) is 7.37. The molecule has 0 atom stereocenters. The Hall–Kier alpha value is -3.31. The van der Waals surface area contributed by atoms with Gasteiger partial charge in [-0.1, -0.05) is 29.8 Å². The van der Waals surface area contributed by atoms with Crippen molar-refractivity contribution in [2.45, 2.75) is 13.8 Å². The van der Waals surface area contributed by atoms with E-state index in [1.807, 2.05) is 31.2 Å². The Morgan fingerprint density at radius 2 is 1.93 bits per heavy atom. The monoisotopic (exact) mass is 388 g/mol. The zero-order valence-electron chi connectivity index (χ0n) is 15.4. The molecule has 0 bridgehead atoms. The van der Waals surface area contributed by atoms with Crippen molar-refractivity contribution in [3.05, 3.63) is 93.0 Å². The van der Waals surface area contributed by atoms with Crippen LogP contribution in [0.2, 0.25) is 5.02 Å². The molecule has 0 aliphatic heterocycles. The first-order valence-corrected chi connectivity index (χ1v) is 9.15. The van der Waals surface area contributed by atoms with E-state index in [1.165, 1.54) is 10.2 Å². The molecule has 0 radical (unpaired) electrons. The molecule has 0 spiro atoms. The third-order valence-electron chi connectivity index (χ3n) is 4.58. The van der Waals surface area contributed by atoms with Crippen molar-refractivity contribution in [2.75, 3.05) is 0 Å². The molecule has 2 heterocycles. The van der Waals surface area contributed by atoms with E-state index < -0.39 is 0 Å². The van der Waals surface area contributed by atoms with Gasteiger partial charge in [0.1, 0.15) is 0 Å². The second-order valence-corrected chi connectivity index (χ2v) is 6.98. The number of hydrogen-bond donors (Lipinski definition) is 0. The van der Waals surface area contributed by atoms with Crippen LogP contribution in [0.3, 0.4) is 0 Å². The zero-order valence-corrected chi connectivity index (χ0v) is 16.2. The van der Waals surface area contributed by atoms with Crippen LogP contribution in [0.1, 0.15) is 16.7 Å². The molecule has 0 saturated carbocycles. The van der Waals surface area contributed by atoms with Crippen molar-refractivity contribution in [3.8, 4) is 11.4 Å². The van der Waals surface area contributed by atoms with Gasteiger partial charge in [-0.25, -0.2) is 4.98 Å². The maximum Gasteiger partial charge on any atom is 0.282 e. The fourth-order valence-electron chi connectivity index (χ4n) is 2.91. The van der Waals surface area contributed by atoms with Crippen LogP contribution in [0.25, 0.3) is 22.3 Å². The highest BCUT2D eigenvalue weighted by atomic mass is 35.5. The number of benzene rings is 2. The van der Waals surface area contributed by atoms with Gasteiger partial charge in [-0.05, 0) is 60.9 Å². The second-order valence-electron chi connectivity index (χ2n) is 6.54. The van der Waals surface area contributed by atoms with E-state index in [9.17, 15) is 4.79 Å². The molecule has 0 saturated heterocycles. The molecule has 6 heteroatoms. The van der Waals surface area contributed by atoms with E-state index in [0.717, 1.165) is 11.1 Å². The van der Waals surface area contributed by atoms with E-state index in [-0.39, 0.29) is 5.56 Å². The van der Waals surface area contributed by atoms with Gasteiger partial charge in [-0.2, -0.15) is 9.78 Å². The van der Waals surface area contributed by atoms with Crippen molar-refractivity contribution in [2.24, 2.45) is 5.10 Å². The average molecular weight is 389 g/mol. The van der Waals surface area contributed by atoms with Crippen LogP contribution in [-0.4, -0.2) is 20.9 Å². The minimum atomic E-state index is -0.286. The van der Waals surface area contributed by atoms with E-state index >= 15 is 0 Å². The number of pyridine rings is 1. The first-order chi connectivity index (χ1) is 13.5. The van der Waals surface area contributed by atoms with Crippen molar-refractivity contribution >= 4 is 28.7 Å². The Kier molecular flexibility index (Phi) is 4.75. The number of aromatic nitrogens is 3. The first kappa shape index (κ1) is 18.1. The molecule has 28 heavy (non-hydrogen) atoms. The van der Waals surface area contributed by atoms with E-state index in [4.69, 9.17) is 11.6 Å². The van der Waals surface area contributed by atoms with Crippen molar-refractivity contribution < 1.29 is 0 Å². The van der Waals surface area contributed by atoms with Crippen molar-refractivity contribution in [1.82, 2.24) is 14.6 Å². The van der Waals surface area contributed by atoms with Gasteiger partial charge in [0.2, 0.25) is 0 Å². The highest BCUT2D eigenvalue weighted by Crippen LogP contribution is 2.20. The lowest BCUT2D eigenvalue weighted by Gasteiger charge is -2.09. The van der Waals surface area contributed by atoms with Gasteiger partial charge >= 0.3 is 0 Å². The molecule has 5 nitrogen and oxygen atoms in total. The molecule has 2 aromatic heterocycles. The van der Waals surface area contributed by atoms with Crippen LogP contribution in [0.15, 0.2) is 70.8 Å². The summed E-state index contributed by atoms with van der Waals surface area (Å²) in [5.41, 5.74) is 4.24. The topological polar surface area (TPSA) is 60.1 Å². The van der Waals surface area contributed by atoms with Gasteiger partial charge in [0, 0.05) is 23.0 Å². The van der Waals surface area contributed by atoms with E-state index in [0.29, 0.717) is 27.3 Å².